The molecule has 1 aliphatic heterocycles. The van der Waals surface area contributed by atoms with E-state index >= 15 is 0 Å². The van der Waals surface area contributed by atoms with Crippen molar-refractivity contribution in [2.45, 2.75) is 53.2 Å². The molecule has 0 saturated heterocycles. The third kappa shape index (κ3) is 3.92. The van der Waals surface area contributed by atoms with Crippen molar-refractivity contribution in [3.8, 4) is 0 Å². The van der Waals surface area contributed by atoms with Gasteiger partial charge in [0.05, 0.1) is 11.6 Å². The van der Waals surface area contributed by atoms with E-state index in [0.717, 1.165) is 16.7 Å². The van der Waals surface area contributed by atoms with Crippen LogP contribution in [0.25, 0.3) is 0 Å². The normalized spacial score (nSPS) is 18.3. The molecular formula is C18H24N2O3. The Bertz CT molecular complexity index is 684. The van der Waals surface area contributed by atoms with Crippen molar-refractivity contribution in [1.82, 2.24) is 10.6 Å². The fourth-order valence-electron chi connectivity index (χ4n) is 2.49. The SMILES string of the molecule is CC1=C(C(=O)OC(C)(C)C)C(c2ccc(C)c(C)c2)NC(=O)N1. The van der Waals surface area contributed by atoms with E-state index in [1.54, 1.807) is 6.92 Å². The Hall–Kier alpha value is -2.30. The Kier molecular flexibility index (Phi) is 4.50. The molecule has 0 spiro atoms. The Labute approximate surface area is 137 Å². The van der Waals surface area contributed by atoms with Crippen LogP contribution in [0.3, 0.4) is 0 Å². The van der Waals surface area contributed by atoms with E-state index in [9.17, 15) is 9.59 Å². The summed E-state index contributed by atoms with van der Waals surface area (Å²) in [5.74, 6) is -0.425. The minimum atomic E-state index is -0.598. The van der Waals surface area contributed by atoms with E-state index in [4.69, 9.17) is 4.74 Å². The smallest absolute Gasteiger partial charge is 0.338 e. The lowest BCUT2D eigenvalue weighted by atomic mass is 9.93. The molecule has 5 heteroatoms. The highest BCUT2D eigenvalue weighted by Crippen LogP contribution is 2.29. The molecule has 1 aromatic carbocycles. The summed E-state index contributed by atoms with van der Waals surface area (Å²) in [4.78, 5) is 24.4. The van der Waals surface area contributed by atoms with E-state index in [-0.39, 0.29) is 6.03 Å². The standard InChI is InChI=1S/C18H24N2O3/c1-10-7-8-13(9-11(10)2)15-14(12(3)19-17(22)20-15)16(21)23-18(4,5)6/h7-9,15H,1-6H3,(H2,19,20,22). The summed E-state index contributed by atoms with van der Waals surface area (Å²) >= 11 is 0. The maximum Gasteiger partial charge on any atom is 0.338 e. The first-order chi connectivity index (χ1) is 10.6. The van der Waals surface area contributed by atoms with Crippen molar-refractivity contribution in [2.24, 2.45) is 0 Å². The lowest BCUT2D eigenvalue weighted by Gasteiger charge is -2.30. The topological polar surface area (TPSA) is 67.4 Å². The van der Waals surface area contributed by atoms with Crippen LogP contribution in [-0.4, -0.2) is 17.6 Å². The minimum absolute atomic E-state index is 0.321. The van der Waals surface area contributed by atoms with Gasteiger partial charge < -0.3 is 15.4 Å². The highest BCUT2D eigenvalue weighted by molar-refractivity contribution is 5.95. The zero-order valence-corrected chi connectivity index (χ0v) is 14.5. The molecule has 0 saturated carbocycles. The highest BCUT2D eigenvalue weighted by Gasteiger charge is 2.34. The van der Waals surface area contributed by atoms with Crippen molar-refractivity contribution < 1.29 is 14.3 Å². The molecule has 2 amide bonds. The molecule has 1 heterocycles. The Morgan fingerprint density at radius 2 is 1.78 bits per heavy atom. The maximum absolute atomic E-state index is 12.6. The summed E-state index contributed by atoms with van der Waals surface area (Å²) in [5.41, 5.74) is 3.49. The summed E-state index contributed by atoms with van der Waals surface area (Å²) in [6, 6.07) is 5.07. The number of allylic oxidation sites excluding steroid dienone is 1. The fraction of sp³-hybridized carbons (Fsp3) is 0.444. The van der Waals surface area contributed by atoms with Crippen molar-refractivity contribution in [1.29, 1.82) is 0 Å². The number of ether oxygens (including phenoxy) is 1. The predicted molar refractivity (Wildman–Crippen MR) is 88.9 cm³/mol. The van der Waals surface area contributed by atoms with E-state index in [1.807, 2.05) is 52.8 Å². The monoisotopic (exact) mass is 316 g/mol. The van der Waals surface area contributed by atoms with Crippen LogP contribution in [0, 0.1) is 13.8 Å². The number of rotatable bonds is 2. The van der Waals surface area contributed by atoms with Crippen LogP contribution in [0.2, 0.25) is 0 Å². The van der Waals surface area contributed by atoms with Crippen molar-refractivity contribution in [2.75, 3.05) is 0 Å². The van der Waals surface area contributed by atoms with Gasteiger partial charge in [0.15, 0.2) is 0 Å². The van der Waals surface area contributed by atoms with Gasteiger partial charge in [0, 0.05) is 5.70 Å². The third-order valence-electron chi connectivity index (χ3n) is 3.75. The molecule has 0 bridgehead atoms. The first-order valence-electron chi connectivity index (χ1n) is 7.67. The number of esters is 1. The minimum Gasteiger partial charge on any atom is -0.456 e. The molecule has 1 aromatic rings. The largest absolute Gasteiger partial charge is 0.456 e. The molecule has 0 fully saturated rings. The first-order valence-corrected chi connectivity index (χ1v) is 7.67. The summed E-state index contributed by atoms with van der Waals surface area (Å²) in [5, 5.41) is 5.47. The van der Waals surface area contributed by atoms with Crippen LogP contribution in [0.15, 0.2) is 29.5 Å². The molecular weight excluding hydrogens is 292 g/mol. The van der Waals surface area contributed by atoms with E-state index < -0.39 is 17.6 Å². The predicted octanol–water partition coefficient (Wildman–Crippen LogP) is 3.27. The highest BCUT2D eigenvalue weighted by atomic mass is 16.6. The van der Waals surface area contributed by atoms with Gasteiger partial charge in [0.25, 0.3) is 0 Å². The molecule has 0 radical (unpaired) electrons. The van der Waals surface area contributed by atoms with Crippen LogP contribution >= 0.6 is 0 Å². The number of hydrogen-bond donors (Lipinski definition) is 2. The van der Waals surface area contributed by atoms with Gasteiger partial charge in [0.1, 0.15) is 5.60 Å². The Balaban J connectivity index is 2.45. The molecule has 5 nitrogen and oxygen atoms in total. The number of carbonyl (C=O) groups is 2. The first kappa shape index (κ1) is 17.1. The molecule has 1 unspecified atom stereocenters. The van der Waals surface area contributed by atoms with Gasteiger partial charge in [0.2, 0.25) is 0 Å². The fourth-order valence-corrected chi connectivity index (χ4v) is 2.49. The third-order valence-corrected chi connectivity index (χ3v) is 3.75. The van der Waals surface area contributed by atoms with Crippen molar-refractivity contribution in [3.05, 3.63) is 46.2 Å². The molecule has 1 aliphatic rings. The maximum atomic E-state index is 12.6. The quantitative estimate of drug-likeness (QED) is 0.823. The molecule has 23 heavy (non-hydrogen) atoms. The Morgan fingerprint density at radius 1 is 1.13 bits per heavy atom. The zero-order chi connectivity index (χ0) is 17.4. The van der Waals surface area contributed by atoms with Crippen LogP contribution in [0.5, 0.6) is 0 Å². The number of urea groups is 1. The number of hydrogen-bond acceptors (Lipinski definition) is 3. The summed E-state index contributed by atoms with van der Waals surface area (Å²) in [6.45, 7) is 11.2. The van der Waals surface area contributed by atoms with Gasteiger partial charge in [-0.1, -0.05) is 18.2 Å². The number of benzene rings is 1. The van der Waals surface area contributed by atoms with Gasteiger partial charge >= 0.3 is 12.0 Å². The second kappa shape index (κ2) is 6.07. The average molecular weight is 316 g/mol. The molecule has 0 aromatic heterocycles. The molecule has 2 rings (SSSR count). The van der Waals surface area contributed by atoms with Crippen LogP contribution in [-0.2, 0) is 9.53 Å². The average Bonchev–Trinajstić information content (AvgIpc) is 2.38. The van der Waals surface area contributed by atoms with Crippen molar-refractivity contribution >= 4 is 12.0 Å². The number of carbonyl (C=O) groups excluding carboxylic acids is 2. The van der Waals surface area contributed by atoms with Gasteiger partial charge in [-0.15, -0.1) is 0 Å². The molecule has 1 atom stereocenters. The van der Waals surface area contributed by atoms with Gasteiger partial charge in [-0.2, -0.15) is 0 Å². The summed E-state index contributed by atoms with van der Waals surface area (Å²) in [6.07, 6.45) is 0. The van der Waals surface area contributed by atoms with Gasteiger partial charge in [-0.05, 0) is 58.2 Å². The summed E-state index contributed by atoms with van der Waals surface area (Å²) < 4.78 is 5.50. The lowest BCUT2D eigenvalue weighted by molar-refractivity contribution is -0.150. The van der Waals surface area contributed by atoms with Crippen LogP contribution < -0.4 is 10.6 Å². The second-order valence-corrected chi connectivity index (χ2v) is 6.92. The molecule has 124 valence electrons. The van der Waals surface area contributed by atoms with E-state index in [2.05, 4.69) is 10.6 Å². The number of amides is 2. The van der Waals surface area contributed by atoms with Crippen LogP contribution in [0.4, 0.5) is 4.79 Å². The van der Waals surface area contributed by atoms with Gasteiger partial charge in [-0.3, -0.25) is 0 Å². The lowest BCUT2D eigenvalue weighted by Crippen LogP contribution is -2.46. The number of nitrogens with one attached hydrogen (secondary N) is 2. The van der Waals surface area contributed by atoms with E-state index in [1.165, 1.54) is 0 Å². The molecule has 2 N–H and O–H groups in total. The second-order valence-electron chi connectivity index (χ2n) is 6.92. The summed E-state index contributed by atoms with van der Waals surface area (Å²) in [7, 11) is 0. The molecule has 0 aliphatic carbocycles. The Morgan fingerprint density at radius 3 is 2.35 bits per heavy atom. The van der Waals surface area contributed by atoms with Gasteiger partial charge in [-0.25, -0.2) is 9.59 Å². The van der Waals surface area contributed by atoms with E-state index in [0.29, 0.717) is 11.3 Å². The van der Waals surface area contributed by atoms with Crippen molar-refractivity contribution in [3.63, 3.8) is 0 Å². The van der Waals surface area contributed by atoms with Crippen LogP contribution in [0.1, 0.15) is 50.4 Å². The zero-order valence-electron chi connectivity index (χ0n) is 14.5. The number of aryl methyl sites for hydroxylation is 2.